The van der Waals surface area contributed by atoms with Gasteiger partial charge in [0.15, 0.2) is 5.75 Å². The predicted molar refractivity (Wildman–Crippen MR) is 43.6 cm³/mol. The SMILES string of the molecule is O=C(F)Oc1ccc(C(F)(F)F)cc1Cl. The zero-order chi connectivity index (χ0) is 11.6. The largest absolute Gasteiger partial charge is 0.501 e. The van der Waals surface area contributed by atoms with Gasteiger partial charge in [-0.2, -0.15) is 13.2 Å². The van der Waals surface area contributed by atoms with Gasteiger partial charge in [0.25, 0.3) is 0 Å². The minimum absolute atomic E-state index is 0.461. The highest BCUT2D eigenvalue weighted by Gasteiger charge is 2.31. The lowest BCUT2D eigenvalue weighted by molar-refractivity contribution is -0.137. The van der Waals surface area contributed by atoms with Gasteiger partial charge in [0.1, 0.15) is 0 Å². The van der Waals surface area contributed by atoms with Crippen LogP contribution in [0.2, 0.25) is 5.02 Å². The number of carbonyl (C=O) groups excluding carboxylic acids is 1. The topological polar surface area (TPSA) is 26.3 Å². The molecule has 15 heavy (non-hydrogen) atoms. The van der Waals surface area contributed by atoms with Crippen molar-refractivity contribution in [3.8, 4) is 5.75 Å². The molecule has 0 aliphatic rings. The Labute approximate surface area is 86.4 Å². The van der Waals surface area contributed by atoms with Crippen molar-refractivity contribution in [2.24, 2.45) is 0 Å². The van der Waals surface area contributed by atoms with E-state index in [4.69, 9.17) is 11.6 Å². The van der Waals surface area contributed by atoms with E-state index in [0.29, 0.717) is 12.1 Å². The average Bonchev–Trinajstić information content (AvgIpc) is 2.05. The second-order valence-electron chi connectivity index (χ2n) is 2.48. The van der Waals surface area contributed by atoms with Crippen LogP contribution in [0, 0.1) is 0 Å². The van der Waals surface area contributed by atoms with Crippen molar-refractivity contribution in [3.05, 3.63) is 28.8 Å². The Kier molecular flexibility index (Phi) is 3.18. The molecule has 0 atom stereocenters. The normalized spacial score (nSPS) is 11.3. The van der Waals surface area contributed by atoms with Crippen LogP contribution in [-0.2, 0) is 6.18 Å². The van der Waals surface area contributed by atoms with E-state index in [0.717, 1.165) is 6.07 Å². The first kappa shape index (κ1) is 11.8. The second kappa shape index (κ2) is 4.06. The van der Waals surface area contributed by atoms with Gasteiger partial charge in [-0.15, -0.1) is 4.39 Å². The molecule has 0 saturated heterocycles. The average molecular weight is 243 g/mol. The van der Waals surface area contributed by atoms with Crippen LogP contribution in [0.3, 0.4) is 0 Å². The van der Waals surface area contributed by atoms with Crippen molar-refractivity contribution < 1.29 is 27.1 Å². The molecule has 0 radical (unpaired) electrons. The summed E-state index contributed by atoms with van der Waals surface area (Å²) in [6.07, 6.45) is -6.70. The monoisotopic (exact) mass is 242 g/mol. The number of benzene rings is 1. The smallest absolute Gasteiger partial charge is 0.400 e. The van der Waals surface area contributed by atoms with E-state index in [9.17, 15) is 22.4 Å². The van der Waals surface area contributed by atoms with Crippen molar-refractivity contribution in [2.45, 2.75) is 6.18 Å². The van der Waals surface area contributed by atoms with E-state index in [1.54, 1.807) is 0 Å². The van der Waals surface area contributed by atoms with Crippen LogP contribution in [0.25, 0.3) is 0 Å². The summed E-state index contributed by atoms with van der Waals surface area (Å²) in [7, 11) is 0. The molecule has 0 bridgehead atoms. The van der Waals surface area contributed by atoms with Gasteiger partial charge in [-0.3, -0.25) is 0 Å². The Bertz CT molecular complexity index is 389. The number of rotatable bonds is 1. The van der Waals surface area contributed by atoms with Crippen LogP contribution >= 0.6 is 11.6 Å². The van der Waals surface area contributed by atoms with E-state index in [-0.39, 0.29) is 0 Å². The van der Waals surface area contributed by atoms with E-state index in [1.165, 1.54) is 0 Å². The molecule has 0 aliphatic carbocycles. The standard InChI is InChI=1S/C8H3ClF4O2/c9-5-3-4(8(11,12)13)1-2-6(5)15-7(10)14/h1-3H. The minimum atomic E-state index is -4.55. The third-order valence-corrected chi connectivity index (χ3v) is 1.74. The highest BCUT2D eigenvalue weighted by molar-refractivity contribution is 6.32. The molecule has 0 aromatic heterocycles. The lowest BCUT2D eigenvalue weighted by atomic mass is 10.2. The molecule has 0 amide bonds. The summed E-state index contributed by atoms with van der Waals surface area (Å²) in [5.41, 5.74) is -1.01. The summed E-state index contributed by atoms with van der Waals surface area (Å²) in [6, 6.07) is 1.94. The molecular formula is C8H3ClF4O2. The fraction of sp³-hybridized carbons (Fsp3) is 0.125. The van der Waals surface area contributed by atoms with Gasteiger partial charge in [0.05, 0.1) is 10.6 Å². The molecule has 0 fully saturated rings. The lowest BCUT2D eigenvalue weighted by Crippen LogP contribution is -2.05. The predicted octanol–water partition coefficient (Wildman–Crippen LogP) is 3.83. The maximum Gasteiger partial charge on any atom is 0.501 e. The third-order valence-electron chi connectivity index (χ3n) is 1.45. The highest BCUT2D eigenvalue weighted by atomic mass is 35.5. The first-order valence-corrected chi connectivity index (χ1v) is 3.92. The Morgan fingerprint density at radius 2 is 1.93 bits per heavy atom. The van der Waals surface area contributed by atoms with Gasteiger partial charge < -0.3 is 4.74 Å². The van der Waals surface area contributed by atoms with Gasteiger partial charge >= 0.3 is 12.4 Å². The summed E-state index contributed by atoms with van der Waals surface area (Å²) in [6.45, 7) is 0. The second-order valence-corrected chi connectivity index (χ2v) is 2.89. The van der Waals surface area contributed by atoms with Crippen LogP contribution in [0.5, 0.6) is 5.75 Å². The van der Waals surface area contributed by atoms with Gasteiger partial charge in [0.2, 0.25) is 0 Å². The van der Waals surface area contributed by atoms with E-state index < -0.39 is 28.7 Å². The van der Waals surface area contributed by atoms with E-state index in [2.05, 4.69) is 4.74 Å². The van der Waals surface area contributed by atoms with Crippen molar-refractivity contribution in [2.75, 3.05) is 0 Å². The molecule has 1 aromatic rings. The van der Waals surface area contributed by atoms with Crippen LogP contribution in [-0.4, -0.2) is 6.22 Å². The highest BCUT2D eigenvalue weighted by Crippen LogP contribution is 2.34. The Morgan fingerprint density at radius 3 is 2.33 bits per heavy atom. The van der Waals surface area contributed by atoms with Crippen molar-refractivity contribution >= 4 is 17.8 Å². The van der Waals surface area contributed by atoms with Gasteiger partial charge in [-0.05, 0) is 18.2 Å². The first-order valence-electron chi connectivity index (χ1n) is 3.55. The molecular weight excluding hydrogens is 240 g/mol. The molecule has 2 nitrogen and oxygen atoms in total. The molecule has 0 N–H and O–H groups in total. The van der Waals surface area contributed by atoms with Crippen molar-refractivity contribution in [1.29, 1.82) is 0 Å². The number of hydrogen-bond donors (Lipinski definition) is 0. The molecule has 7 heteroatoms. The third kappa shape index (κ3) is 3.09. The van der Waals surface area contributed by atoms with Crippen LogP contribution in [0.4, 0.5) is 22.4 Å². The Hall–Kier alpha value is -1.30. The molecule has 0 saturated carbocycles. The van der Waals surface area contributed by atoms with Crippen LogP contribution in [0.15, 0.2) is 18.2 Å². The Morgan fingerprint density at radius 1 is 1.33 bits per heavy atom. The lowest BCUT2D eigenvalue weighted by Gasteiger charge is -2.08. The summed E-state index contributed by atoms with van der Waals surface area (Å²) >= 11 is 5.34. The molecule has 0 unspecified atom stereocenters. The fourth-order valence-corrected chi connectivity index (χ4v) is 1.07. The molecule has 82 valence electrons. The van der Waals surface area contributed by atoms with Crippen molar-refractivity contribution in [1.82, 2.24) is 0 Å². The first-order chi connectivity index (χ1) is 6.80. The van der Waals surface area contributed by atoms with Crippen molar-refractivity contribution in [3.63, 3.8) is 0 Å². The van der Waals surface area contributed by atoms with Gasteiger partial charge in [-0.1, -0.05) is 11.6 Å². The Balaban J connectivity index is 3.03. The summed E-state index contributed by atoms with van der Waals surface area (Å²) in [4.78, 5) is 9.88. The molecule has 0 spiro atoms. The number of hydrogen-bond acceptors (Lipinski definition) is 2. The molecule has 1 aromatic carbocycles. The van der Waals surface area contributed by atoms with Crippen LogP contribution in [0.1, 0.15) is 5.56 Å². The molecule has 1 rings (SSSR count). The zero-order valence-electron chi connectivity index (χ0n) is 6.94. The fourth-order valence-electron chi connectivity index (χ4n) is 0.846. The van der Waals surface area contributed by atoms with Crippen LogP contribution < -0.4 is 4.74 Å². The van der Waals surface area contributed by atoms with Gasteiger partial charge in [0, 0.05) is 0 Å². The maximum absolute atomic E-state index is 12.1. The number of carbonyl (C=O) groups is 1. The molecule has 0 heterocycles. The number of alkyl halides is 3. The number of halogens is 5. The number of ether oxygens (including phenoxy) is 1. The molecule has 0 aliphatic heterocycles. The summed E-state index contributed by atoms with van der Waals surface area (Å²) in [5, 5.41) is -0.490. The quantitative estimate of drug-likeness (QED) is 0.553. The zero-order valence-corrected chi connectivity index (χ0v) is 7.69. The van der Waals surface area contributed by atoms with E-state index in [1.807, 2.05) is 0 Å². The summed E-state index contributed by atoms with van der Waals surface area (Å²) < 4.78 is 52.0. The van der Waals surface area contributed by atoms with E-state index >= 15 is 0 Å². The maximum atomic E-state index is 12.1. The minimum Gasteiger partial charge on any atom is -0.400 e. The summed E-state index contributed by atoms with van der Waals surface area (Å²) in [5.74, 6) is -0.461. The van der Waals surface area contributed by atoms with Gasteiger partial charge in [-0.25, -0.2) is 4.79 Å².